The third-order valence-electron chi connectivity index (χ3n) is 7.69. The topological polar surface area (TPSA) is 150 Å². The van der Waals surface area contributed by atoms with Gasteiger partial charge < -0.3 is 19.3 Å². The summed E-state index contributed by atoms with van der Waals surface area (Å²) >= 11 is 3.49. The minimum atomic E-state index is -1.49. The molecule has 0 bridgehead atoms. The first-order valence-corrected chi connectivity index (χ1v) is 15.9. The fraction of sp³-hybridized carbons (Fsp3) is 0.257. The first kappa shape index (κ1) is 33.5. The second-order valence-corrected chi connectivity index (χ2v) is 11.7. The molecule has 0 aliphatic carbocycles. The van der Waals surface area contributed by atoms with Gasteiger partial charge in [0.15, 0.2) is 11.6 Å². The van der Waals surface area contributed by atoms with Crippen LogP contribution >= 0.6 is 15.9 Å². The summed E-state index contributed by atoms with van der Waals surface area (Å²) in [5.74, 6) is 1.26. The summed E-state index contributed by atoms with van der Waals surface area (Å²) in [6.07, 6.45) is 0.427. The number of benzene rings is 4. The lowest BCUT2D eigenvalue weighted by Gasteiger charge is -2.31. The number of amides is 1. The quantitative estimate of drug-likeness (QED) is 0.0423. The van der Waals surface area contributed by atoms with Crippen molar-refractivity contribution < 1.29 is 24.1 Å². The number of carbonyl (C=O) groups is 1. The van der Waals surface area contributed by atoms with Crippen LogP contribution in [0.25, 0.3) is 10.4 Å². The van der Waals surface area contributed by atoms with Crippen molar-refractivity contribution in [1.82, 2.24) is 10.9 Å². The van der Waals surface area contributed by atoms with Crippen LogP contribution in [0, 0.1) is 0 Å². The number of hydrogen-bond acceptors (Lipinski definition) is 8. The van der Waals surface area contributed by atoms with Gasteiger partial charge >= 0.3 is 0 Å². The average molecular weight is 700 g/mol. The smallest absolute Gasteiger partial charge is 0.266 e. The van der Waals surface area contributed by atoms with Gasteiger partial charge in [-0.15, -0.1) is 0 Å². The number of hydrazine groups is 1. The predicted molar refractivity (Wildman–Crippen MR) is 183 cm³/mol. The number of aliphatic hydroxyl groups excluding tert-OH is 1. The highest BCUT2D eigenvalue weighted by molar-refractivity contribution is 9.10. The molecule has 242 valence electrons. The van der Waals surface area contributed by atoms with Crippen LogP contribution in [0.5, 0.6) is 11.5 Å². The summed E-state index contributed by atoms with van der Waals surface area (Å²) in [5, 5.41) is 13.0. The van der Waals surface area contributed by atoms with E-state index >= 15 is 0 Å². The largest absolute Gasteiger partial charge is 0.497 e. The van der Waals surface area contributed by atoms with Crippen molar-refractivity contribution in [2.75, 3.05) is 26.9 Å². The highest BCUT2D eigenvalue weighted by atomic mass is 79.9. The van der Waals surface area contributed by atoms with Crippen LogP contribution in [0.15, 0.2) is 112 Å². The number of azide groups is 1. The summed E-state index contributed by atoms with van der Waals surface area (Å²) in [4.78, 5) is 22.5. The Morgan fingerprint density at radius 2 is 1.72 bits per heavy atom. The van der Waals surface area contributed by atoms with E-state index in [1.165, 1.54) is 0 Å². The maximum absolute atomic E-state index is 14.4. The SMILES string of the molecule is COc1ccc(CCNNC(=O)[C@@]2(Cc3ccc(Br)cc3)N=C(c3ccc(OCCCO)cc3)O[C@H]2c2ccccc2N=[N+]=[N-])cc1. The van der Waals surface area contributed by atoms with Crippen LogP contribution in [-0.4, -0.2) is 49.3 Å². The standard InChI is InChI=1S/C35H35BrN6O5/c1-45-28-15-9-24(10-16-28)19-20-38-41-34(44)35(23-25-7-13-27(36)14-8-25)32(30-5-2-3-6-31(30)40-42-37)47-33(39-35)26-11-17-29(18-12-26)46-22-4-21-43/h2-3,5-18,32,38,43H,4,19-23H2,1H3,(H,41,44)/t32-,35-/m0/s1. The van der Waals surface area contributed by atoms with E-state index in [1.54, 1.807) is 43.5 Å². The summed E-state index contributed by atoms with van der Waals surface area (Å²) in [5.41, 5.74) is 17.3. The second-order valence-electron chi connectivity index (χ2n) is 10.8. The van der Waals surface area contributed by atoms with Crippen LogP contribution in [-0.2, 0) is 22.4 Å². The molecule has 2 atom stereocenters. The van der Waals surface area contributed by atoms with Crippen LogP contribution in [0.1, 0.15) is 34.8 Å². The number of methoxy groups -OCH3 is 1. The van der Waals surface area contributed by atoms with Gasteiger partial charge in [0.2, 0.25) is 5.90 Å². The van der Waals surface area contributed by atoms with Crippen LogP contribution in [0.3, 0.4) is 0 Å². The minimum absolute atomic E-state index is 0.0420. The maximum Gasteiger partial charge on any atom is 0.266 e. The average Bonchev–Trinajstić information content (AvgIpc) is 3.49. The van der Waals surface area contributed by atoms with Gasteiger partial charge in [-0.1, -0.05) is 69.6 Å². The van der Waals surface area contributed by atoms with E-state index < -0.39 is 17.6 Å². The molecule has 0 saturated carbocycles. The lowest BCUT2D eigenvalue weighted by Crippen LogP contribution is -2.54. The monoisotopic (exact) mass is 698 g/mol. The third-order valence-corrected chi connectivity index (χ3v) is 8.22. The Hall–Kier alpha value is -4.87. The Bertz CT molecular complexity index is 1730. The number of halogens is 1. The van der Waals surface area contributed by atoms with Gasteiger partial charge in [0.1, 0.15) is 11.5 Å². The van der Waals surface area contributed by atoms with Crippen molar-refractivity contribution in [3.8, 4) is 11.5 Å². The minimum Gasteiger partial charge on any atom is -0.497 e. The fourth-order valence-corrected chi connectivity index (χ4v) is 5.54. The Morgan fingerprint density at radius 3 is 2.43 bits per heavy atom. The van der Waals surface area contributed by atoms with Gasteiger partial charge in [-0.05, 0) is 71.6 Å². The number of ether oxygens (including phenoxy) is 3. The van der Waals surface area contributed by atoms with Crippen molar-refractivity contribution in [1.29, 1.82) is 0 Å². The van der Waals surface area contributed by atoms with Gasteiger partial charge in [-0.3, -0.25) is 10.2 Å². The van der Waals surface area contributed by atoms with E-state index in [2.05, 4.69) is 36.8 Å². The van der Waals surface area contributed by atoms with Gasteiger partial charge in [-0.2, -0.15) is 0 Å². The van der Waals surface area contributed by atoms with E-state index in [1.807, 2.05) is 60.7 Å². The van der Waals surface area contributed by atoms with Crippen molar-refractivity contribution >= 4 is 33.4 Å². The molecular weight excluding hydrogens is 664 g/mol. The number of hydrogen-bond donors (Lipinski definition) is 3. The Kier molecular flexibility index (Phi) is 11.5. The highest BCUT2D eigenvalue weighted by Gasteiger charge is 2.54. The number of carbonyl (C=O) groups excluding carboxylic acids is 1. The predicted octanol–water partition coefficient (Wildman–Crippen LogP) is 6.52. The lowest BCUT2D eigenvalue weighted by atomic mass is 9.81. The molecule has 4 aromatic carbocycles. The number of aliphatic imine (C=N–C) groups is 1. The van der Waals surface area contributed by atoms with Crippen LogP contribution in [0.2, 0.25) is 0 Å². The lowest BCUT2D eigenvalue weighted by molar-refractivity contribution is -0.130. The Labute approximate surface area is 281 Å². The first-order chi connectivity index (χ1) is 23.0. The molecule has 0 fully saturated rings. The molecule has 11 nitrogen and oxygen atoms in total. The van der Waals surface area contributed by atoms with E-state index in [9.17, 15) is 10.3 Å². The third kappa shape index (κ3) is 8.30. The second kappa shape index (κ2) is 16.1. The van der Waals surface area contributed by atoms with Gasteiger partial charge in [0, 0.05) is 52.2 Å². The number of nitrogens with one attached hydrogen (secondary N) is 2. The highest BCUT2D eigenvalue weighted by Crippen LogP contribution is 2.45. The van der Waals surface area contributed by atoms with Crippen molar-refractivity contribution in [2.45, 2.75) is 30.9 Å². The summed E-state index contributed by atoms with van der Waals surface area (Å²) in [6.45, 7) is 0.884. The van der Waals surface area contributed by atoms with E-state index in [0.29, 0.717) is 48.6 Å². The molecule has 0 spiro atoms. The molecule has 1 amide bonds. The fourth-order valence-electron chi connectivity index (χ4n) is 5.27. The molecule has 0 radical (unpaired) electrons. The van der Waals surface area contributed by atoms with Crippen LogP contribution < -0.4 is 20.3 Å². The molecular formula is C35H35BrN6O5. The zero-order chi connectivity index (χ0) is 33.1. The van der Waals surface area contributed by atoms with E-state index in [-0.39, 0.29) is 18.9 Å². The molecule has 5 rings (SSSR count). The Balaban J connectivity index is 1.50. The van der Waals surface area contributed by atoms with Crippen molar-refractivity contribution in [2.24, 2.45) is 10.1 Å². The first-order valence-electron chi connectivity index (χ1n) is 15.1. The summed E-state index contributed by atoms with van der Waals surface area (Å²) in [7, 11) is 1.62. The summed E-state index contributed by atoms with van der Waals surface area (Å²) < 4.78 is 18.4. The molecule has 0 saturated heterocycles. The van der Waals surface area contributed by atoms with E-state index in [0.717, 1.165) is 21.3 Å². The van der Waals surface area contributed by atoms with Crippen LogP contribution in [0.4, 0.5) is 5.69 Å². The van der Waals surface area contributed by atoms with Crippen molar-refractivity contribution in [3.05, 3.63) is 134 Å². The Morgan fingerprint density at radius 1 is 1.02 bits per heavy atom. The zero-order valence-electron chi connectivity index (χ0n) is 25.8. The molecule has 3 N–H and O–H groups in total. The molecule has 0 unspecified atom stereocenters. The summed E-state index contributed by atoms with van der Waals surface area (Å²) in [6, 6.07) is 29.7. The van der Waals surface area contributed by atoms with Crippen molar-refractivity contribution in [3.63, 3.8) is 0 Å². The normalized spacial score (nSPS) is 16.8. The number of nitrogens with zero attached hydrogens (tertiary/aromatic N) is 4. The molecule has 12 heteroatoms. The zero-order valence-corrected chi connectivity index (χ0v) is 27.4. The van der Waals surface area contributed by atoms with Gasteiger partial charge in [-0.25, -0.2) is 10.4 Å². The molecule has 1 aliphatic heterocycles. The molecule has 4 aromatic rings. The van der Waals surface area contributed by atoms with Gasteiger partial charge in [0.05, 0.1) is 13.7 Å². The molecule has 47 heavy (non-hydrogen) atoms. The molecule has 1 aliphatic rings. The maximum atomic E-state index is 14.4. The van der Waals surface area contributed by atoms with E-state index in [4.69, 9.17) is 24.3 Å². The molecule has 1 heterocycles. The number of aliphatic hydroxyl groups is 1. The van der Waals surface area contributed by atoms with Gasteiger partial charge in [0.25, 0.3) is 5.91 Å². The molecule has 0 aromatic heterocycles. The number of rotatable bonds is 15.